The molecule has 0 bridgehead atoms. The number of hydrogen-bond donors (Lipinski definition) is 0. The largest absolute Gasteiger partial charge is 0.384 e. The van der Waals surface area contributed by atoms with Crippen molar-refractivity contribution in [3.8, 4) is 0 Å². The molecule has 2 rings (SSSR count). The Morgan fingerprint density at radius 3 is 2.57 bits per heavy atom. The summed E-state index contributed by atoms with van der Waals surface area (Å²) in [7, 11) is 1.77. The summed E-state index contributed by atoms with van der Waals surface area (Å²) in [4.78, 5) is 0. The fourth-order valence-corrected chi connectivity index (χ4v) is 2.83. The van der Waals surface area contributed by atoms with E-state index in [1.807, 2.05) is 0 Å². The number of methoxy groups -OCH3 is 1. The highest BCUT2D eigenvalue weighted by molar-refractivity contribution is 4.90. The molecule has 1 saturated carbocycles. The van der Waals surface area contributed by atoms with Crippen LogP contribution in [-0.4, -0.2) is 32.7 Å². The van der Waals surface area contributed by atoms with Crippen LogP contribution in [-0.2, 0) is 14.2 Å². The molecule has 3 nitrogen and oxygen atoms in total. The molecule has 0 aromatic rings. The fraction of sp³-hybridized carbons (Fsp3) is 1.00. The number of ether oxygens (including phenoxy) is 3. The minimum Gasteiger partial charge on any atom is -0.384 e. The molecule has 0 aromatic carbocycles. The molecule has 1 saturated heterocycles. The fourth-order valence-electron chi connectivity index (χ4n) is 2.83. The van der Waals surface area contributed by atoms with E-state index in [9.17, 15) is 0 Å². The lowest BCUT2D eigenvalue weighted by Gasteiger charge is -2.42. The van der Waals surface area contributed by atoms with Crippen molar-refractivity contribution >= 4 is 0 Å². The first kappa shape index (κ1) is 10.4. The summed E-state index contributed by atoms with van der Waals surface area (Å²) in [6, 6.07) is 0. The van der Waals surface area contributed by atoms with Gasteiger partial charge in [0.15, 0.2) is 5.79 Å². The van der Waals surface area contributed by atoms with E-state index in [-0.39, 0.29) is 11.2 Å². The molecule has 0 amide bonds. The van der Waals surface area contributed by atoms with Crippen LogP contribution in [0, 0.1) is 5.41 Å². The predicted molar refractivity (Wildman–Crippen MR) is 53.1 cm³/mol. The molecule has 0 aromatic heterocycles. The van der Waals surface area contributed by atoms with Crippen LogP contribution in [0.5, 0.6) is 0 Å². The van der Waals surface area contributed by atoms with Gasteiger partial charge >= 0.3 is 0 Å². The van der Waals surface area contributed by atoms with Crippen LogP contribution in [0.25, 0.3) is 0 Å². The van der Waals surface area contributed by atoms with Gasteiger partial charge in [0.1, 0.15) is 0 Å². The van der Waals surface area contributed by atoms with Crippen LogP contribution >= 0.6 is 0 Å². The third kappa shape index (κ3) is 1.95. The Bertz CT molecular complexity index is 195. The Labute approximate surface area is 85.7 Å². The van der Waals surface area contributed by atoms with Crippen molar-refractivity contribution in [3.63, 3.8) is 0 Å². The first-order valence-electron chi connectivity index (χ1n) is 5.45. The van der Waals surface area contributed by atoms with Crippen LogP contribution in [0.1, 0.15) is 32.6 Å². The van der Waals surface area contributed by atoms with Crippen LogP contribution in [0.4, 0.5) is 0 Å². The molecule has 0 unspecified atom stereocenters. The van der Waals surface area contributed by atoms with Gasteiger partial charge < -0.3 is 14.2 Å². The second kappa shape index (κ2) is 3.80. The highest BCUT2D eigenvalue weighted by atomic mass is 16.7. The van der Waals surface area contributed by atoms with Gasteiger partial charge in [-0.05, 0) is 18.3 Å². The maximum atomic E-state index is 5.75. The Morgan fingerprint density at radius 1 is 1.21 bits per heavy atom. The molecule has 1 atom stereocenters. The van der Waals surface area contributed by atoms with Crippen molar-refractivity contribution in [1.29, 1.82) is 0 Å². The summed E-state index contributed by atoms with van der Waals surface area (Å²) in [6.45, 7) is 4.58. The lowest BCUT2D eigenvalue weighted by atomic mass is 9.73. The lowest BCUT2D eigenvalue weighted by molar-refractivity contribution is -0.205. The van der Waals surface area contributed by atoms with Gasteiger partial charge in [0, 0.05) is 20.0 Å². The minimum absolute atomic E-state index is 0.233. The zero-order chi connectivity index (χ0) is 10.1. The highest BCUT2D eigenvalue weighted by Gasteiger charge is 2.46. The van der Waals surface area contributed by atoms with Gasteiger partial charge in [-0.1, -0.05) is 6.92 Å². The van der Waals surface area contributed by atoms with Crippen molar-refractivity contribution < 1.29 is 14.2 Å². The van der Waals surface area contributed by atoms with Crippen LogP contribution in [0.3, 0.4) is 0 Å². The standard InChI is InChI=1S/C11H20O3/c1-10(9-12-2)4-3-5-11(8-10)13-6-7-14-11/h3-9H2,1-2H3/t10-/m0/s1. The Kier molecular flexibility index (Phi) is 2.82. The molecule has 2 aliphatic rings. The van der Waals surface area contributed by atoms with Gasteiger partial charge in [0.2, 0.25) is 0 Å². The second-order valence-electron chi connectivity index (χ2n) is 4.88. The second-order valence-corrected chi connectivity index (χ2v) is 4.88. The van der Waals surface area contributed by atoms with Gasteiger partial charge in [0.25, 0.3) is 0 Å². The molecular weight excluding hydrogens is 180 g/mol. The molecule has 0 radical (unpaired) electrons. The maximum absolute atomic E-state index is 5.75. The van der Waals surface area contributed by atoms with Crippen LogP contribution in [0.2, 0.25) is 0 Å². The number of rotatable bonds is 2. The summed E-state index contributed by atoms with van der Waals surface area (Å²) in [5.41, 5.74) is 0.233. The Hall–Kier alpha value is -0.120. The molecule has 82 valence electrons. The summed E-state index contributed by atoms with van der Waals surface area (Å²) >= 11 is 0. The smallest absolute Gasteiger partial charge is 0.169 e. The quantitative estimate of drug-likeness (QED) is 0.682. The molecule has 1 aliphatic carbocycles. The van der Waals surface area contributed by atoms with E-state index >= 15 is 0 Å². The van der Waals surface area contributed by atoms with Crippen molar-refractivity contribution in [2.45, 2.75) is 38.4 Å². The molecule has 0 N–H and O–H groups in total. The molecule has 14 heavy (non-hydrogen) atoms. The summed E-state index contributed by atoms with van der Waals surface area (Å²) in [5, 5.41) is 0. The zero-order valence-electron chi connectivity index (χ0n) is 9.17. The first-order valence-corrected chi connectivity index (χ1v) is 5.45. The average molecular weight is 200 g/mol. The SMILES string of the molecule is COC[C@@]1(C)CCCC2(C1)OCCO2. The van der Waals surface area contributed by atoms with Crippen LogP contribution < -0.4 is 0 Å². The molecule has 1 spiro atoms. The van der Waals surface area contributed by atoms with Gasteiger partial charge in [-0.15, -0.1) is 0 Å². The Balaban J connectivity index is 2.02. The molecule has 3 heteroatoms. The van der Waals surface area contributed by atoms with E-state index in [4.69, 9.17) is 14.2 Å². The lowest BCUT2D eigenvalue weighted by Crippen LogP contribution is -2.42. The minimum atomic E-state index is -0.272. The monoisotopic (exact) mass is 200 g/mol. The predicted octanol–water partition coefficient (Wildman–Crippen LogP) is 1.96. The topological polar surface area (TPSA) is 27.7 Å². The third-order valence-corrected chi connectivity index (χ3v) is 3.34. The molecule has 2 fully saturated rings. The van der Waals surface area contributed by atoms with E-state index in [1.165, 1.54) is 12.8 Å². The van der Waals surface area contributed by atoms with Crippen molar-refractivity contribution in [2.75, 3.05) is 26.9 Å². The normalized spacial score (nSPS) is 36.4. The average Bonchev–Trinajstić information content (AvgIpc) is 2.52. The maximum Gasteiger partial charge on any atom is 0.169 e. The summed E-state index contributed by atoms with van der Waals surface area (Å²) < 4.78 is 16.8. The number of hydrogen-bond acceptors (Lipinski definition) is 3. The Morgan fingerprint density at radius 2 is 1.93 bits per heavy atom. The molecular formula is C11H20O3. The van der Waals surface area contributed by atoms with Crippen molar-refractivity contribution in [1.82, 2.24) is 0 Å². The zero-order valence-corrected chi connectivity index (χ0v) is 9.17. The summed E-state index contributed by atoms with van der Waals surface area (Å²) in [6.07, 6.45) is 4.43. The third-order valence-electron chi connectivity index (χ3n) is 3.34. The van der Waals surface area contributed by atoms with Gasteiger partial charge in [-0.3, -0.25) is 0 Å². The van der Waals surface area contributed by atoms with Crippen molar-refractivity contribution in [2.24, 2.45) is 5.41 Å². The van der Waals surface area contributed by atoms with E-state index < -0.39 is 0 Å². The van der Waals surface area contributed by atoms with E-state index in [0.29, 0.717) is 0 Å². The molecule has 1 aliphatic heterocycles. The van der Waals surface area contributed by atoms with Crippen LogP contribution in [0.15, 0.2) is 0 Å². The van der Waals surface area contributed by atoms with Gasteiger partial charge in [0.05, 0.1) is 19.8 Å². The van der Waals surface area contributed by atoms with E-state index in [0.717, 1.165) is 32.7 Å². The summed E-state index contributed by atoms with van der Waals surface area (Å²) in [5.74, 6) is -0.272. The van der Waals surface area contributed by atoms with Gasteiger partial charge in [-0.25, -0.2) is 0 Å². The van der Waals surface area contributed by atoms with E-state index in [2.05, 4.69) is 6.92 Å². The highest BCUT2D eigenvalue weighted by Crippen LogP contribution is 2.45. The first-order chi connectivity index (χ1) is 6.68. The van der Waals surface area contributed by atoms with Crippen molar-refractivity contribution in [3.05, 3.63) is 0 Å². The molecule has 1 heterocycles. The van der Waals surface area contributed by atoms with E-state index in [1.54, 1.807) is 7.11 Å². The van der Waals surface area contributed by atoms with Gasteiger partial charge in [-0.2, -0.15) is 0 Å².